The van der Waals surface area contributed by atoms with Crippen molar-refractivity contribution in [1.29, 1.82) is 0 Å². The lowest BCUT2D eigenvalue weighted by Crippen LogP contribution is -2.42. The predicted molar refractivity (Wildman–Crippen MR) is 99.4 cm³/mol. The molecule has 1 aliphatic heterocycles. The van der Waals surface area contributed by atoms with E-state index in [9.17, 15) is 8.42 Å². The summed E-state index contributed by atoms with van der Waals surface area (Å²) in [6.07, 6.45) is 5.14. The molecule has 1 N–H and O–H groups in total. The molecule has 2 fully saturated rings. The summed E-state index contributed by atoms with van der Waals surface area (Å²) in [7, 11) is -4.30. The summed E-state index contributed by atoms with van der Waals surface area (Å²) in [6, 6.07) is 6.98. The molecule has 25 heavy (non-hydrogen) atoms. The van der Waals surface area contributed by atoms with Crippen molar-refractivity contribution in [3.63, 3.8) is 0 Å². The van der Waals surface area contributed by atoms with Crippen LogP contribution >= 0.6 is 0 Å². The van der Waals surface area contributed by atoms with Gasteiger partial charge in [0.2, 0.25) is 10.0 Å². The van der Waals surface area contributed by atoms with Gasteiger partial charge in [0.25, 0.3) is 0 Å². The average Bonchev–Trinajstić information content (AvgIpc) is 2.76. The minimum Gasteiger partial charge on any atom is -0.399 e. The number of nitrogens with one attached hydrogen (secondary N) is 1. The molecule has 2 aliphatic rings. The maximum absolute atomic E-state index is 13.0. The maximum Gasteiger partial charge on any atom is 0.496 e. The van der Waals surface area contributed by atoms with E-state index in [0.29, 0.717) is 5.46 Å². The van der Waals surface area contributed by atoms with Crippen molar-refractivity contribution in [2.75, 3.05) is 0 Å². The van der Waals surface area contributed by atoms with E-state index in [1.165, 1.54) is 6.42 Å². The van der Waals surface area contributed by atoms with E-state index < -0.39 is 28.3 Å². The number of benzene rings is 1. The lowest BCUT2D eigenvalue weighted by atomic mass is 9.79. The Balaban J connectivity index is 1.88. The monoisotopic (exact) mass is 365 g/mol. The number of hydrogen-bond acceptors (Lipinski definition) is 4. The van der Waals surface area contributed by atoms with Crippen molar-refractivity contribution in [2.45, 2.75) is 81.9 Å². The highest BCUT2D eigenvalue weighted by Gasteiger charge is 2.52. The highest BCUT2D eigenvalue weighted by Crippen LogP contribution is 2.37. The van der Waals surface area contributed by atoms with Gasteiger partial charge in [0.15, 0.2) is 0 Å². The summed E-state index contributed by atoms with van der Waals surface area (Å²) in [5, 5.41) is 0. The van der Waals surface area contributed by atoms with Gasteiger partial charge in [-0.3, -0.25) is 0 Å². The Morgan fingerprint density at radius 3 is 2.16 bits per heavy atom. The molecule has 1 heterocycles. The minimum atomic E-state index is -3.61. The Labute approximate surface area is 151 Å². The molecule has 3 rings (SSSR count). The highest BCUT2D eigenvalue weighted by molar-refractivity contribution is 7.89. The Bertz CT molecular complexity index is 710. The predicted octanol–water partition coefficient (Wildman–Crippen LogP) is 2.60. The largest absolute Gasteiger partial charge is 0.496 e. The molecule has 1 saturated carbocycles. The van der Waals surface area contributed by atoms with Gasteiger partial charge in [0.05, 0.1) is 16.1 Å². The van der Waals surface area contributed by atoms with Gasteiger partial charge in [-0.05, 0) is 46.6 Å². The van der Waals surface area contributed by atoms with Crippen LogP contribution in [0.25, 0.3) is 0 Å². The van der Waals surface area contributed by atoms with Crippen molar-refractivity contribution in [2.24, 2.45) is 0 Å². The first-order valence-electron chi connectivity index (χ1n) is 9.09. The van der Waals surface area contributed by atoms with E-state index in [4.69, 9.17) is 9.31 Å². The Morgan fingerprint density at radius 1 is 1.00 bits per heavy atom. The van der Waals surface area contributed by atoms with E-state index in [2.05, 4.69) is 4.72 Å². The molecule has 0 amide bonds. The molecule has 0 aromatic heterocycles. The van der Waals surface area contributed by atoms with Crippen molar-refractivity contribution in [3.05, 3.63) is 24.3 Å². The SMILES string of the molecule is CC1(C)OB(c2ccccc2S(=O)(=O)NC2CCCCC2)OC1(C)C. The maximum atomic E-state index is 13.0. The topological polar surface area (TPSA) is 64.6 Å². The molecule has 7 heteroatoms. The van der Waals surface area contributed by atoms with E-state index in [0.717, 1.165) is 25.7 Å². The molecular weight excluding hydrogens is 337 g/mol. The van der Waals surface area contributed by atoms with Gasteiger partial charge >= 0.3 is 7.12 Å². The van der Waals surface area contributed by atoms with Crippen LogP contribution in [0.5, 0.6) is 0 Å². The van der Waals surface area contributed by atoms with Gasteiger partial charge in [0.1, 0.15) is 0 Å². The highest BCUT2D eigenvalue weighted by atomic mass is 32.2. The van der Waals surface area contributed by atoms with Crippen LogP contribution in [0.1, 0.15) is 59.8 Å². The quantitative estimate of drug-likeness (QED) is 0.833. The lowest BCUT2D eigenvalue weighted by Gasteiger charge is -2.32. The van der Waals surface area contributed by atoms with Crippen molar-refractivity contribution < 1.29 is 17.7 Å². The zero-order valence-electron chi connectivity index (χ0n) is 15.5. The van der Waals surface area contributed by atoms with Gasteiger partial charge < -0.3 is 9.31 Å². The van der Waals surface area contributed by atoms with E-state index in [1.807, 2.05) is 33.8 Å². The van der Waals surface area contributed by atoms with Crippen molar-refractivity contribution >= 4 is 22.6 Å². The summed E-state index contributed by atoms with van der Waals surface area (Å²) in [5.74, 6) is 0. The summed E-state index contributed by atoms with van der Waals surface area (Å²) in [5.41, 5.74) is -0.458. The summed E-state index contributed by atoms with van der Waals surface area (Å²) < 4.78 is 41.0. The minimum absolute atomic E-state index is 0.0186. The molecule has 0 bridgehead atoms. The zero-order valence-corrected chi connectivity index (χ0v) is 16.4. The molecule has 0 radical (unpaired) electrons. The second-order valence-electron chi connectivity index (χ2n) is 8.08. The second kappa shape index (κ2) is 6.69. The summed E-state index contributed by atoms with van der Waals surface area (Å²) >= 11 is 0. The van der Waals surface area contributed by atoms with E-state index >= 15 is 0 Å². The first kappa shape index (κ1) is 18.9. The third-order valence-electron chi connectivity index (χ3n) is 5.64. The van der Waals surface area contributed by atoms with Crippen LogP contribution in [0.15, 0.2) is 29.2 Å². The van der Waals surface area contributed by atoms with Gasteiger partial charge in [-0.15, -0.1) is 0 Å². The van der Waals surface area contributed by atoms with E-state index in [-0.39, 0.29) is 10.9 Å². The summed E-state index contributed by atoms with van der Waals surface area (Å²) in [4.78, 5) is 0.249. The van der Waals surface area contributed by atoms with Crippen LogP contribution in [-0.2, 0) is 19.3 Å². The van der Waals surface area contributed by atoms with Crippen molar-refractivity contribution in [3.8, 4) is 0 Å². The standard InChI is InChI=1S/C18H28BNO4S/c1-17(2)18(3,4)24-19(23-17)15-12-8-9-13-16(15)25(21,22)20-14-10-6-5-7-11-14/h8-9,12-14,20H,5-7,10-11H2,1-4H3. The molecular formula is C18H28BNO4S. The lowest BCUT2D eigenvalue weighted by molar-refractivity contribution is 0.00578. The first-order chi connectivity index (χ1) is 11.6. The summed E-state index contributed by atoms with van der Waals surface area (Å²) in [6.45, 7) is 7.85. The molecule has 1 saturated heterocycles. The molecule has 0 spiro atoms. The van der Waals surface area contributed by atoms with Crippen LogP contribution in [0.3, 0.4) is 0 Å². The fourth-order valence-electron chi connectivity index (χ4n) is 3.39. The van der Waals surface area contributed by atoms with Crippen LogP contribution in [-0.4, -0.2) is 32.8 Å². The fourth-order valence-corrected chi connectivity index (χ4v) is 4.93. The number of sulfonamides is 1. The molecule has 1 aliphatic carbocycles. The molecule has 0 unspecified atom stereocenters. The average molecular weight is 365 g/mol. The molecule has 1 aromatic carbocycles. The van der Waals surface area contributed by atoms with Gasteiger partial charge in [0, 0.05) is 11.5 Å². The van der Waals surface area contributed by atoms with Gasteiger partial charge in [-0.2, -0.15) is 0 Å². The first-order valence-corrected chi connectivity index (χ1v) is 10.6. The third-order valence-corrected chi connectivity index (χ3v) is 7.24. The second-order valence-corrected chi connectivity index (χ2v) is 9.76. The molecule has 5 nitrogen and oxygen atoms in total. The van der Waals surface area contributed by atoms with Crippen molar-refractivity contribution in [1.82, 2.24) is 4.72 Å². The Kier molecular flexibility index (Phi) is 5.05. The zero-order chi connectivity index (χ0) is 18.3. The molecule has 138 valence electrons. The fraction of sp³-hybridized carbons (Fsp3) is 0.667. The normalized spacial score (nSPS) is 23.8. The van der Waals surface area contributed by atoms with Gasteiger partial charge in [-0.1, -0.05) is 37.5 Å². The Morgan fingerprint density at radius 2 is 1.56 bits per heavy atom. The molecule has 0 atom stereocenters. The number of hydrogen-bond donors (Lipinski definition) is 1. The smallest absolute Gasteiger partial charge is 0.399 e. The third kappa shape index (κ3) is 3.79. The Hall–Kier alpha value is -0.885. The number of rotatable bonds is 4. The van der Waals surface area contributed by atoms with E-state index in [1.54, 1.807) is 18.2 Å². The van der Waals surface area contributed by atoms with Crippen LogP contribution in [0, 0.1) is 0 Å². The van der Waals surface area contributed by atoms with Crippen LogP contribution < -0.4 is 10.2 Å². The van der Waals surface area contributed by atoms with Crippen LogP contribution in [0.2, 0.25) is 0 Å². The van der Waals surface area contributed by atoms with Gasteiger partial charge in [-0.25, -0.2) is 13.1 Å². The molecule has 1 aromatic rings. The van der Waals surface area contributed by atoms with Crippen LogP contribution in [0.4, 0.5) is 0 Å².